The van der Waals surface area contributed by atoms with Gasteiger partial charge >= 0.3 is 0 Å². The zero-order valence-corrected chi connectivity index (χ0v) is 8.97. The zero-order chi connectivity index (χ0) is 9.84. The Kier molecular flexibility index (Phi) is 3.49. The van der Waals surface area contributed by atoms with Crippen LogP contribution in [0.15, 0.2) is 29.3 Å². The van der Waals surface area contributed by atoms with Gasteiger partial charge < -0.3 is 0 Å². The van der Waals surface area contributed by atoms with E-state index in [1.165, 1.54) is 0 Å². The molecule has 1 aromatic rings. The van der Waals surface area contributed by atoms with Gasteiger partial charge in [-0.05, 0) is 38.5 Å². The highest BCUT2D eigenvalue weighted by molar-refractivity contribution is 6.31. The van der Waals surface area contributed by atoms with Crippen LogP contribution in [0.5, 0.6) is 0 Å². The predicted molar refractivity (Wildman–Crippen MR) is 58.8 cm³/mol. The van der Waals surface area contributed by atoms with Crippen molar-refractivity contribution in [3.63, 3.8) is 0 Å². The van der Waals surface area contributed by atoms with Crippen LogP contribution in [0, 0.1) is 0 Å². The third kappa shape index (κ3) is 3.19. The molecule has 1 aromatic carbocycles. The van der Waals surface area contributed by atoms with Gasteiger partial charge in [0.2, 0.25) is 0 Å². The van der Waals surface area contributed by atoms with Crippen molar-refractivity contribution in [1.29, 1.82) is 0 Å². The van der Waals surface area contributed by atoms with E-state index >= 15 is 0 Å². The SMILES string of the molecule is CC(=NC(C)C)c1cccc(Cl)c1. The number of hydrogen-bond donors (Lipinski definition) is 0. The first-order valence-corrected chi connectivity index (χ1v) is 4.77. The largest absolute Gasteiger partial charge is 0.287 e. The summed E-state index contributed by atoms with van der Waals surface area (Å²) in [7, 11) is 0. The number of nitrogens with zero attached hydrogens (tertiary/aromatic N) is 1. The average molecular weight is 196 g/mol. The molecule has 0 saturated heterocycles. The highest BCUT2D eigenvalue weighted by Gasteiger charge is 1.98. The maximum absolute atomic E-state index is 5.87. The topological polar surface area (TPSA) is 12.4 Å². The van der Waals surface area contributed by atoms with E-state index in [0.29, 0.717) is 6.04 Å². The molecule has 13 heavy (non-hydrogen) atoms. The Hall–Kier alpha value is -0.820. The molecule has 0 N–H and O–H groups in total. The van der Waals surface area contributed by atoms with Crippen LogP contribution in [0.4, 0.5) is 0 Å². The van der Waals surface area contributed by atoms with Crippen molar-refractivity contribution in [3.05, 3.63) is 34.9 Å². The number of rotatable bonds is 2. The molecule has 0 bridgehead atoms. The minimum atomic E-state index is 0.332. The third-order valence-electron chi connectivity index (χ3n) is 1.69. The summed E-state index contributed by atoms with van der Waals surface area (Å²) in [5.41, 5.74) is 2.14. The third-order valence-corrected chi connectivity index (χ3v) is 1.93. The lowest BCUT2D eigenvalue weighted by Crippen LogP contribution is -1.99. The van der Waals surface area contributed by atoms with E-state index < -0.39 is 0 Å². The lowest BCUT2D eigenvalue weighted by Gasteiger charge is -2.03. The summed E-state index contributed by atoms with van der Waals surface area (Å²) >= 11 is 5.87. The van der Waals surface area contributed by atoms with Gasteiger partial charge in [0.15, 0.2) is 0 Å². The molecule has 0 aliphatic rings. The average Bonchev–Trinajstić information content (AvgIpc) is 2.03. The number of aliphatic imine (C=N–C) groups is 1. The Morgan fingerprint density at radius 2 is 2.08 bits per heavy atom. The van der Waals surface area contributed by atoms with Crippen LogP contribution in [0.25, 0.3) is 0 Å². The van der Waals surface area contributed by atoms with Crippen molar-refractivity contribution in [2.75, 3.05) is 0 Å². The minimum Gasteiger partial charge on any atom is -0.287 e. The van der Waals surface area contributed by atoms with Crippen LogP contribution in [0.1, 0.15) is 26.3 Å². The van der Waals surface area contributed by atoms with Crippen LogP contribution in [-0.2, 0) is 0 Å². The van der Waals surface area contributed by atoms with Crippen LogP contribution in [0.2, 0.25) is 5.02 Å². The molecule has 0 aliphatic carbocycles. The second-order valence-electron chi connectivity index (χ2n) is 3.32. The fourth-order valence-electron chi connectivity index (χ4n) is 1.18. The van der Waals surface area contributed by atoms with Crippen molar-refractivity contribution in [2.24, 2.45) is 4.99 Å². The second kappa shape index (κ2) is 4.43. The van der Waals surface area contributed by atoms with Gasteiger partial charge in [-0.25, -0.2) is 0 Å². The fourth-order valence-corrected chi connectivity index (χ4v) is 1.37. The summed E-state index contributed by atoms with van der Waals surface area (Å²) in [6, 6.07) is 8.10. The molecule has 0 atom stereocenters. The van der Waals surface area contributed by atoms with Gasteiger partial charge in [-0.3, -0.25) is 4.99 Å². The van der Waals surface area contributed by atoms with Gasteiger partial charge in [0.1, 0.15) is 0 Å². The van der Waals surface area contributed by atoms with E-state index in [1.54, 1.807) is 0 Å². The van der Waals surface area contributed by atoms with Gasteiger partial charge in [-0.2, -0.15) is 0 Å². The lowest BCUT2D eigenvalue weighted by atomic mass is 10.1. The van der Waals surface area contributed by atoms with Gasteiger partial charge in [0.25, 0.3) is 0 Å². The number of benzene rings is 1. The van der Waals surface area contributed by atoms with Gasteiger partial charge in [-0.1, -0.05) is 23.7 Å². The van der Waals surface area contributed by atoms with E-state index in [1.807, 2.05) is 31.2 Å². The summed E-state index contributed by atoms with van der Waals surface area (Å²) in [6.45, 7) is 6.13. The summed E-state index contributed by atoms with van der Waals surface area (Å²) in [5.74, 6) is 0. The van der Waals surface area contributed by atoms with E-state index in [0.717, 1.165) is 16.3 Å². The highest BCUT2D eigenvalue weighted by atomic mass is 35.5. The minimum absolute atomic E-state index is 0.332. The quantitative estimate of drug-likeness (QED) is 0.640. The fraction of sp³-hybridized carbons (Fsp3) is 0.364. The Labute approximate surface area is 84.5 Å². The molecule has 2 heteroatoms. The smallest absolute Gasteiger partial charge is 0.0446 e. The maximum atomic E-state index is 5.87. The van der Waals surface area contributed by atoms with Crippen molar-refractivity contribution in [3.8, 4) is 0 Å². The van der Waals surface area contributed by atoms with Gasteiger partial charge in [0.05, 0.1) is 0 Å². The molecular weight excluding hydrogens is 182 g/mol. The molecule has 0 fully saturated rings. The standard InChI is InChI=1S/C11H14ClN/c1-8(2)13-9(3)10-5-4-6-11(12)7-10/h4-8H,1-3H3. The molecule has 0 unspecified atom stereocenters. The first-order chi connectivity index (χ1) is 6.09. The maximum Gasteiger partial charge on any atom is 0.0446 e. The summed E-state index contributed by atoms with van der Waals surface area (Å²) in [6.07, 6.45) is 0. The molecule has 0 heterocycles. The zero-order valence-electron chi connectivity index (χ0n) is 8.21. The summed E-state index contributed by atoms with van der Waals surface area (Å²) < 4.78 is 0. The van der Waals surface area contributed by atoms with Crippen molar-refractivity contribution < 1.29 is 0 Å². The Balaban J connectivity index is 2.95. The van der Waals surface area contributed by atoms with Gasteiger partial charge in [0, 0.05) is 16.8 Å². The highest BCUT2D eigenvalue weighted by Crippen LogP contribution is 2.11. The normalized spacial score (nSPS) is 12.2. The Morgan fingerprint density at radius 3 is 2.62 bits per heavy atom. The van der Waals surface area contributed by atoms with E-state index in [4.69, 9.17) is 11.6 Å². The molecule has 0 aliphatic heterocycles. The molecule has 0 aromatic heterocycles. The van der Waals surface area contributed by atoms with Gasteiger partial charge in [-0.15, -0.1) is 0 Å². The monoisotopic (exact) mass is 195 g/mol. The number of hydrogen-bond acceptors (Lipinski definition) is 1. The van der Waals surface area contributed by atoms with Crippen molar-refractivity contribution >= 4 is 17.3 Å². The molecular formula is C11H14ClN. The van der Waals surface area contributed by atoms with Crippen molar-refractivity contribution in [2.45, 2.75) is 26.8 Å². The number of halogens is 1. The lowest BCUT2D eigenvalue weighted by molar-refractivity contribution is 0.835. The second-order valence-corrected chi connectivity index (χ2v) is 3.76. The van der Waals surface area contributed by atoms with Crippen LogP contribution < -0.4 is 0 Å². The van der Waals surface area contributed by atoms with Crippen molar-refractivity contribution in [1.82, 2.24) is 0 Å². The molecule has 0 spiro atoms. The first kappa shape index (κ1) is 10.3. The molecule has 70 valence electrons. The molecule has 1 nitrogen and oxygen atoms in total. The first-order valence-electron chi connectivity index (χ1n) is 4.40. The van der Waals surface area contributed by atoms with Crippen LogP contribution in [-0.4, -0.2) is 11.8 Å². The van der Waals surface area contributed by atoms with Crippen LogP contribution >= 0.6 is 11.6 Å². The summed E-state index contributed by atoms with van der Waals surface area (Å²) in [4.78, 5) is 4.45. The Bertz CT molecular complexity index is 316. The van der Waals surface area contributed by atoms with E-state index in [2.05, 4.69) is 18.8 Å². The molecule has 0 amide bonds. The van der Waals surface area contributed by atoms with E-state index in [-0.39, 0.29) is 0 Å². The van der Waals surface area contributed by atoms with Crippen LogP contribution in [0.3, 0.4) is 0 Å². The Morgan fingerprint density at radius 1 is 1.38 bits per heavy atom. The molecule has 1 rings (SSSR count). The summed E-state index contributed by atoms with van der Waals surface area (Å²) in [5, 5.41) is 0.760. The molecule has 0 radical (unpaired) electrons. The van der Waals surface area contributed by atoms with E-state index in [9.17, 15) is 0 Å². The predicted octanol–water partition coefficient (Wildman–Crippen LogP) is 3.56. The molecule has 0 saturated carbocycles.